The average Bonchev–Trinajstić information content (AvgIpc) is 3.14. The van der Waals surface area contributed by atoms with E-state index in [2.05, 4.69) is 13.2 Å². The molecule has 0 atom stereocenters. The van der Waals surface area contributed by atoms with Crippen LogP contribution in [-0.2, 0) is 19.1 Å². The van der Waals surface area contributed by atoms with Crippen molar-refractivity contribution in [3.63, 3.8) is 0 Å². The molecule has 0 unspecified atom stereocenters. The Morgan fingerprint density at radius 3 is 1.12 bits per heavy atom. The normalized spacial score (nSPS) is 10.2. The second-order valence-corrected chi connectivity index (χ2v) is 10.0. The average molecular weight is 681 g/mol. The number of carbonyl (C=O) groups excluding carboxylic acids is 5. The summed E-state index contributed by atoms with van der Waals surface area (Å²) in [5.41, 5.74) is 0.783. The molecule has 0 saturated carbocycles. The molecule has 0 radical (unpaired) electrons. The minimum atomic E-state index is -0.650. The van der Waals surface area contributed by atoms with Gasteiger partial charge in [-0.2, -0.15) is 0 Å². The number of carbonyl (C=O) groups is 5. The molecule has 0 bridgehead atoms. The molecular formula is C38H32O12. The number of hydrogen-bond acceptors (Lipinski definition) is 12. The Balaban J connectivity index is 1.19. The molecule has 0 aliphatic heterocycles. The van der Waals surface area contributed by atoms with Crippen LogP contribution in [0.2, 0.25) is 0 Å². The number of esters is 5. The predicted molar refractivity (Wildman–Crippen MR) is 179 cm³/mol. The van der Waals surface area contributed by atoms with Crippen LogP contribution in [-0.4, -0.2) is 56.3 Å². The van der Waals surface area contributed by atoms with Crippen molar-refractivity contribution in [3.05, 3.63) is 139 Å². The van der Waals surface area contributed by atoms with Gasteiger partial charge in [-0.1, -0.05) is 13.2 Å². The van der Waals surface area contributed by atoms with Gasteiger partial charge >= 0.3 is 29.8 Å². The zero-order valence-corrected chi connectivity index (χ0v) is 26.7. The molecule has 0 spiro atoms. The smallest absolute Gasteiger partial charge is 0.343 e. The number of hydrogen-bond donors (Lipinski definition) is 0. The Morgan fingerprint density at radius 2 is 0.740 bits per heavy atom. The van der Waals surface area contributed by atoms with Gasteiger partial charge < -0.3 is 33.2 Å². The molecule has 4 aromatic carbocycles. The number of benzene rings is 4. The van der Waals surface area contributed by atoms with Gasteiger partial charge in [0.2, 0.25) is 0 Å². The molecule has 0 N–H and O–H groups in total. The highest BCUT2D eigenvalue weighted by molar-refractivity contribution is 5.93. The van der Waals surface area contributed by atoms with Crippen LogP contribution in [0.4, 0.5) is 0 Å². The lowest BCUT2D eigenvalue weighted by atomic mass is 10.2. The van der Waals surface area contributed by atoms with Gasteiger partial charge in [-0.3, -0.25) is 0 Å². The van der Waals surface area contributed by atoms with E-state index in [1.54, 1.807) is 36.4 Å². The summed E-state index contributed by atoms with van der Waals surface area (Å²) < 4.78 is 36.9. The Hall–Kier alpha value is -6.69. The summed E-state index contributed by atoms with van der Waals surface area (Å²) in [5.74, 6) is -1.21. The highest BCUT2D eigenvalue weighted by Crippen LogP contribution is 2.22. The van der Waals surface area contributed by atoms with Gasteiger partial charge in [0.25, 0.3) is 0 Å². The highest BCUT2D eigenvalue weighted by Gasteiger charge is 2.14. The van der Waals surface area contributed by atoms with Crippen LogP contribution < -0.4 is 23.7 Å². The summed E-state index contributed by atoms with van der Waals surface area (Å²) >= 11 is 0. The lowest BCUT2D eigenvalue weighted by Crippen LogP contribution is -2.11. The van der Waals surface area contributed by atoms with Crippen molar-refractivity contribution in [2.75, 3.05) is 26.4 Å². The third-order valence-electron chi connectivity index (χ3n) is 6.46. The largest absolute Gasteiger partial charge is 0.493 e. The molecule has 0 aromatic heterocycles. The van der Waals surface area contributed by atoms with Crippen molar-refractivity contribution in [1.29, 1.82) is 0 Å². The van der Waals surface area contributed by atoms with Crippen molar-refractivity contribution in [3.8, 4) is 28.7 Å². The van der Waals surface area contributed by atoms with Gasteiger partial charge in [0.05, 0.1) is 29.9 Å². The van der Waals surface area contributed by atoms with Crippen molar-refractivity contribution in [1.82, 2.24) is 0 Å². The third-order valence-corrected chi connectivity index (χ3v) is 6.46. The molecule has 256 valence electrons. The van der Waals surface area contributed by atoms with Gasteiger partial charge in [-0.15, -0.1) is 0 Å². The van der Waals surface area contributed by atoms with E-state index in [9.17, 15) is 24.0 Å². The summed E-state index contributed by atoms with van der Waals surface area (Å²) in [4.78, 5) is 59.9. The Labute approximate surface area is 287 Å². The summed E-state index contributed by atoms with van der Waals surface area (Å²) in [6, 6.07) is 24.3. The SMILES string of the molecule is C=CC(=O)OCCCOc1ccc(C(=O)Oc2ccc(OC(=O)c3ccc(OC(=O)c4ccc(OCCOC(=O)C=C)cc4)cc3)cc2)cc1. The van der Waals surface area contributed by atoms with E-state index in [-0.39, 0.29) is 48.2 Å². The maximum atomic E-state index is 12.7. The van der Waals surface area contributed by atoms with Crippen LogP contribution in [0.1, 0.15) is 37.5 Å². The lowest BCUT2D eigenvalue weighted by Gasteiger charge is -2.09. The molecule has 12 nitrogen and oxygen atoms in total. The molecule has 0 amide bonds. The fourth-order valence-corrected chi connectivity index (χ4v) is 3.95. The lowest BCUT2D eigenvalue weighted by molar-refractivity contribution is -0.139. The van der Waals surface area contributed by atoms with Crippen LogP contribution in [0.15, 0.2) is 122 Å². The van der Waals surface area contributed by atoms with E-state index in [0.717, 1.165) is 12.2 Å². The summed E-state index contributed by atoms with van der Waals surface area (Å²) in [6.45, 7) is 7.35. The molecule has 0 fully saturated rings. The first-order chi connectivity index (χ1) is 24.2. The Kier molecular flexibility index (Phi) is 13.4. The molecule has 12 heteroatoms. The van der Waals surface area contributed by atoms with Crippen molar-refractivity contribution in [2.45, 2.75) is 6.42 Å². The van der Waals surface area contributed by atoms with Crippen LogP contribution in [0.5, 0.6) is 28.7 Å². The zero-order chi connectivity index (χ0) is 35.7. The van der Waals surface area contributed by atoms with E-state index in [0.29, 0.717) is 30.1 Å². The predicted octanol–water partition coefficient (Wildman–Crippen LogP) is 5.95. The second kappa shape index (κ2) is 18.6. The summed E-state index contributed by atoms with van der Waals surface area (Å²) in [6.07, 6.45) is 2.64. The number of ether oxygens (including phenoxy) is 7. The quantitative estimate of drug-likeness (QED) is 0.0561. The van der Waals surface area contributed by atoms with Gasteiger partial charge in [0.15, 0.2) is 0 Å². The van der Waals surface area contributed by atoms with E-state index < -0.39 is 29.8 Å². The monoisotopic (exact) mass is 680 g/mol. The van der Waals surface area contributed by atoms with E-state index in [4.69, 9.17) is 33.2 Å². The molecular weight excluding hydrogens is 648 g/mol. The molecule has 0 aliphatic rings. The fourth-order valence-electron chi connectivity index (χ4n) is 3.95. The maximum absolute atomic E-state index is 12.7. The Bertz CT molecular complexity index is 1790. The van der Waals surface area contributed by atoms with Crippen LogP contribution in [0, 0.1) is 0 Å². The highest BCUT2D eigenvalue weighted by atomic mass is 16.6. The maximum Gasteiger partial charge on any atom is 0.343 e. The molecule has 0 saturated heterocycles. The molecule has 0 heterocycles. The first-order valence-corrected chi connectivity index (χ1v) is 15.1. The first-order valence-electron chi connectivity index (χ1n) is 15.1. The van der Waals surface area contributed by atoms with Crippen molar-refractivity contribution >= 4 is 29.8 Å². The van der Waals surface area contributed by atoms with E-state index in [1.165, 1.54) is 60.7 Å². The molecule has 50 heavy (non-hydrogen) atoms. The Morgan fingerprint density at radius 1 is 0.420 bits per heavy atom. The zero-order valence-electron chi connectivity index (χ0n) is 26.7. The van der Waals surface area contributed by atoms with Crippen molar-refractivity contribution < 1.29 is 57.1 Å². The summed E-state index contributed by atoms with van der Waals surface area (Å²) in [5, 5.41) is 0. The third kappa shape index (κ3) is 11.5. The molecule has 4 rings (SSSR count). The van der Waals surface area contributed by atoms with Gasteiger partial charge in [-0.25, -0.2) is 24.0 Å². The van der Waals surface area contributed by atoms with Crippen LogP contribution in [0.25, 0.3) is 0 Å². The number of rotatable bonds is 17. The van der Waals surface area contributed by atoms with Crippen LogP contribution >= 0.6 is 0 Å². The van der Waals surface area contributed by atoms with E-state index in [1.807, 2.05) is 0 Å². The standard InChI is InChI=1S/C38H32O12/c1-3-34(39)46-23-5-22-44-29-12-6-26(7-13-29)37(42)49-32-18-20-33(21-19-32)50-38(43)28-10-16-31(17-11-28)48-36(41)27-8-14-30(15-9-27)45-24-25-47-35(40)4-2/h3-4,6-21H,1-2,5,22-25H2. The second-order valence-electron chi connectivity index (χ2n) is 10.0. The minimum absolute atomic E-state index is 0.0542. The van der Waals surface area contributed by atoms with Crippen molar-refractivity contribution in [2.24, 2.45) is 0 Å². The van der Waals surface area contributed by atoms with Crippen LogP contribution in [0.3, 0.4) is 0 Å². The minimum Gasteiger partial charge on any atom is -0.493 e. The van der Waals surface area contributed by atoms with Gasteiger partial charge in [0.1, 0.15) is 42.0 Å². The first kappa shape index (κ1) is 36.2. The fraction of sp³-hybridized carbons (Fsp3) is 0.132. The molecule has 4 aromatic rings. The summed E-state index contributed by atoms with van der Waals surface area (Å²) in [7, 11) is 0. The molecule has 0 aliphatic carbocycles. The van der Waals surface area contributed by atoms with Gasteiger partial charge in [-0.05, 0) is 97.1 Å². The van der Waals surface area contributed by atoms with Gasteiger partial charge in [0, 0.05) is 18.6 Å². The topological polar surface area (TPSA) is 150 Å². The van der Waals surface area contributed by atoms with E-state index >= 15 is 0 Å².